The van der Waals surface area contributed by atoms with E-state index in [9.17, 15) is 9.59 Å². The third-order valence-electron chi connectivity index (χ3n) is 3.39. The monoisotopic (exact) mass is 379 g/mol. The molecule has 0 radical (unpaired) electrons. The lowest BCUT2D eigenvalue weighted by Crippen LogP contribution is -2.13. The average Bonchev–Trinajstić information content (AvgIpc) is 2.80. The summed E-state index contributed by atoms with van der Waals surface area (Å²) in [5.74, 6) is 0.140. The Morgan fingerprint density at radius 2 is 1.78 bits per heavy atom. The van der Waals surface area contributed by atoms with Crippen molar-refractivity contribution >= 4 is 27.7 Å². The molecule has 0 saturated heterocycles. The maximum atomic E-state index is 12.1. The van der Waals surface area contributed by atoms with E-state index in [0.717, 1.165) is 4.47 Å². The van der Waals surface area contributed by atoms with E-state index in [2.05, 4.69) is 20.9 Å². The molecule has 0 spiro atoms. The number of hydrogen-bond acceptors (Lipinski definition) is 4. The average molecular weight is 380 g/mol. The first-order valence-electron chi connectivity index (χ1n) is 7.15. The van der Waals surface area contributed by atoms with Crippen molar-refractivity contribution in [1.82, 2.24) is 4.98 Å². The Balaban J connectivity index is 1.89. The Morgan fingerprint density at radius 1 is 1.13 bits per heavy atom. The van der Waals surface area contributed by atoms with E-state index in [-0.39, 0.29) is 19.0 Å². The van der Waals surface area contributed by atoms with Gasteiger partial charge in [-0.05, 0) is 50.6 Å². The Labute approximate surface area is 143 Å². The van der Waals surface area contributed by atoms with Crippen LogP contribution in [0.25, 0.3) is 0 Å². The molecule has 1 N–H and O–H groups in total. The number of halogens is 1. The summed E-state index contributed by atoms with van der Waals surface area (Å²) in [6, 6.07) is 7.39. The van der Waals surface area contributed by atoms with E-state index in [1.807, 2.05) is 24.3 Å². The van der Waals surface area contributed by atoms with Gasteiger partial charge >= 0.3 is 5.97 Å². The van der Waals surface area contributed by atoms with Gasteiger partial charge < -0.3 is 14.5 Å². The largest absolute Gasteiger partial charge is 0.490 e. The van der Waals surface area contributed by atoms with Crippen molar-refractivity contribution in [1.29, 1.82) is 0 Å². The number of aromatic nitrogens is 1. The molecule has 23 heavy (non-hydrogen) atoms. The fraction of sp³-hybridized carbons (Fsp3) is 0.294. The van der Waals surface area contributed by atoms with Crippen molar-refractivity contribution in [3.63, 3.8) is 0 Å². The third kappa shape index (κ3) is 4.22. The summed E-state index contributed by atoms with van der Waals surface area (Å²) in [7, 11) is 0. The first-order valence-corrected chi connectivity index (χ1v) is 7.95. The van der Waals surface area contributed by atoms with Crippen molar-refractivity contribution < 1.29 is 19.1 Å². The Morgan fingerprint density at radius 3 is 2.35 bits per heavy atom. The molecule has 0 aliphatic carbocycles. The maximum Gasteiger partial charge on any atom is 0.355 e. The first-order chi connectivity index (χ1) is 10.9. The number of benzene rings is 1. The van der Waals surface area contributed by atoms with Crippen LogP contribution in [0.5, 0.6) is 5.75 Å². The second-order valence-corrected chi connectivity index (χ2v) is 6.04. The lowest BCUT2D eigenvalue weighted by molar-refractivity contribution is 0.0443. The number of ketones is 1. The summed E-state index contributed by atoms with van der Waals surface area (Å²) in [6.45, 7) is 5.35. The molecule has 0 fully saturated rings. The maximum absolute atomic E-state index is 12.1. The Kier molecular flexibility index (Phi) is 5.60. The summed E-state index contributed by atoms with van der Waals surface area (Å²) >= 11 is 3.34. The molecule has 0 aliphatic heterocycles. The van der Waals surface area contributed by atoms with Crippen molar-refractivity contribution in [2.24, 2.45) is 0 Å². The Bertz CT molecular complexity index is 719. The molecule has 0 aliphatic rings. The number of H-pyrrole nitrogens is 1. The second kappa shape index (κ2) is 7.46. The van der Waals surface area contributed by atoms with Gasteiger partial charge in [0.15, 0.2) is 5.78 Å². The standard InChI is InChI=1S/C17H18BrNO4/c1-10-15(12(3)20)11(2)19-16(10)17(21)23-9-8-22-14-6-4-13(18)5-7-14/h4-7,19H,8-9H2,1-3H3. The zero-order chi connectivity index (χ0) is 17.0. The van der Waals surface area contributed by atoms with E-state index < -0.39 is 5.97 Å². The SMILES string of the molecule is CC(=O)c1c(C)[nH]c(C(=O)OCCOc2ccc(Br)cc2)c1C. The molecule has 1 heterocycles. The molecule has 0 unspecified atom stereocenters. The summed E-state index contributed by atoms with van der Waals surface area (Å²) in [5.41, 5.74) is 2.15. The van der Waals surface area contributed by atoms with Crippen LogP contribution < -0.4 is 4.74 Å². The van der Waals surface area contributed by atoms with E-state index in [1.165, 1.54) is 6.92 Å². The molecule has 0 bridgehead atoms. The summed E-state index contributed by atoms with van der Waals surface area (Å²) in [4.78, 5) is 26.6. The topological polar surface area (TPSA) is 68.4 Å². The number of carbonyl (C=O) groups is 2. The van der Waals surface area contributed by atoms with Gasteiger partial charge in [-0.15, -0.1) is 0 Å². The normalized spacial score (nSPS) is 10.4. The smallest absolute Gasteiger partial charge is 0.355 e. The molecule has 2 rings (SSSR count). The first kappa shape index (κ1) is 17.3. The van der Waals surface area contributed by atoms with Gasteiger partial charge in [0.05, 0.1) is 0 Å². The molecule has 5 nitrogen and oxygen atoms in total. The molecule has 0 amide bonds. The highest BCUT2D eigenvalue weighted by molar-refractivity contribution is 9.10. The van der Waals surface area contributed by atoms with Crippen LogP contribution in [0.4, 0.5) is 0 Å². The number of nitrogens with one attached hydrogen (secondary N) is 1. The molecule has 6 heteroatoms. The van der Waals surface area contributed by atoms with Crippen molar-refractivity contribution in [2.45, 2.75) is 20.8 Å². The molecular formula is C17H18BrNO4. The number of Topliss-reactive ketones (excluding diaryl/α,β-unsaturated/α-hetero) is 1. The van der Waals surface area contributed by atoms with Gasteiger partial charge in [0, 0.05) is 15.7 Å². The van der Waals surface area contributed by atoms with Crippen LogP contribution in [0.1, 0.15) is 39.0 Å². The van der Waals surface area contributed by atoms with Gasteiger partial charge in [0.25, 0.3) is 0 Å². The minimum atomic E-state index is -0.488. The zero-order valence-electron chi connectivity index (χ0n) is 13.2. The molecule has 0 atom stereocenters. The number of hydrogen-bond donors (Lipinski definition) is 1. The van der Waals surface area contributed by atoms with Crippen LogP contribution in [-0.2, 0) is 4.74 Å². The summed E-state index contributed by atoms with van der Waals surface area (Å²) in [5, 5.41) is 0. The number of carbonyl (C=O) groups excluding carboxylic acids is 2. The summed E-state index contributed by atoms with van der Waals surface area (Å²) in [6.07, 6.45) is 0. The number of aromatic amines is 1. The van der Waals surface area contributed by atoms with E-state index in [0.29, 0.717) is 28.3 Å². The molecule has 1 aromatic heterocycles. The molecule has 2 aromatic rings. The van der Waals surface area contributed by atoms with Crippen LogP contribution in [0.2, 0.25) is 0 Å². The summed E-state index contributed by atoms with van der Waals surface area (Å²) < 4.78 is 11.6. The van der Waals surface area contributed by atoms with Gasteiger partial charge in [0.1, 0.15) is 24.7 Å². The van der Waals surface area contributed by atoms with Crippen LogP contribution >= 0.6 is 15.9 Å². The quantitative estimate of drug-likeness (QED) is 0.470. The number of ether oxygens (including phenoxy) is 2. The number of esters is 1. The molecule has 0 saturated carbocycles. The van der Waals surface area contributed by atoms with Crippen molar-refractivity contribution in [3.8, 4) is 5.75 Å². The lowest BCUT2D eigenvalue weighted by Gasteiger charge is -2.07. The van der Waals surface area contributed by atoms with Crippen LogP contribution in [0.3, 0.4) is 0 Å². The van der Waals surface area contributed by atoms with E-state index in [1.54, 1.807) is 13.8 Å². The predicted molar refractivity (Wildman–Crippen MR) is 90.2 cm³/mol. The number of rotatable bonds is 6. The molecular weight excluding hydrogens is 362 g/mol. The fourth-order valence-corrected chi connectivity index (χ4v) is 2.64. The van der Waals surface area contributed by atoms with E-state index in [4.69, 9.17) is 9.47 Å². The predicted octanol–water partition coefficient (Wildman–Crippen LogP) is 3.83. The van der Waals surface area contributed by atoms with Gasteiger partial charge in [-0.2, -0.15) is 0 Å². The molecule has 1 aromatic carbocycles. The minimum absolute atomic E-state index is 0.0751. The van der Waals surface area contributed by atoms with Crippen LogP contribution in [0, 0.1) is 13.8 Å². The zero-order valence-corrected chi connectivity index (χ0v) is 14.8. The van der Waals surface area contributed by atoms with E-state index >= 15 is 0 Å². The Hall–Kier alpha value is -2.08. The minimum Gasteiger partial charge on any atom is -0.490 e. The molecule has 122 valence electrons. The van der Waals surface area contributed by atoms with Gasteiger partial charge in [-0.1, -0.05) is 15.9 Å². The van der Waals surface area contributed by atoms with Crippen LogP contribution in [0.15, 0.2) is 28.7 Å². The second-order valence-electron chi connectivity index (χ2n) is 5.12. The highest BCUT2D eigenvalue weighted by Crippen LogP contribution is 2.19. The highest BCUT2D eigenvalue weighted by atomic mass is 79.9. The third-order valence-corrected chi connectivity index (χ3v) is 3.92. The highest BCUT2D eigenvalue weighted by Gasteiger charge is 2.20. The van der Waals surface area contributed by atoms with Crippen molar-refractivity contribution in [3.05, 3.63) is 51.3 Å². The van der Waals surface area contributed by atoms with Gasteiger partial charge in [-0.25, -0.2) is 4.79 Å². The van der Waals surface area contributed by atoms with Gasteiger partial charge in [-0.3, -0.25) is 4.79 Å². The fourth-order valence-electron chi connectivity index (χ4n) is 2.38. The number of aryl methyl sites for hydroxylation is 1. The van der Waals surface area contributed by atoms with Crippen LogP contribution in [-0.4, -0.2) is 30.0 Å². The lowest BCUT2D eigenvalue weighted by atomic mass is 10.1. The van der Waals surface area contributed by atoms with Crippen molar-refractivity contribution in [2.75, 3.05) is 13.2 Å². The van der Waals surface area contributed by atoms with Gasteiger partial charge in [0.2, 0.25) is 0 Å².